The van der Waals surface area contributed by atoms with Crippen molar-refractivity contribution in [2.75, 3.05) is 19.0 Å². The van der Waals surface area contributed by atoms with E-state index in [-0.39, 0.29) is 28.6 Å². The monoisotopic (exact) mass is 417 g/mol. The predicted molar refractivity (Wildman–Crippen MR) is 96.6 cm³/mol. The van der Waals surface area contributed by atoms with Crippen LogP contribution in [0.2, 0.25) is 5.02 Å². The molecule has 1 aromatic heterocycles. The number of carbonyl (C=O) groups is 2. The van der Waals surface area contributed by atoms with Crippen molar-refractivity contribution in [2.24, 2.45) is 7.05 Å². The first kappa shape index (κ1) is 20.9. The van der Waals surface area contributed by atoms with Crippen LogP contribution in [0.5, 0.6) is 0 Å². The van der Waals surface area contributed by atoms with E-state index in [4.69, 9.17) is 11.6 Å². The Hall–Kier alpha value is -2.43. The molecule has 27 heavy (non-hydrogen) atoms. The van der Waals surface area contributed by atoms with E-state index >= 15 is 0 Å². The molecular formula is C16H17ClFN3O5S. The molecule has 0 aliphatic rings. The molecule has 2 N–H and O–H groups in total. The Balaban J connectivity index is 1.94. The van der Waals surface area contributed by atoms with Gasteiger partial charge >= 0.3 is 5.97 Å². The minimum Gasteiger partial charge on any atom is -0.464 e. The molecule has 2 aromatic rings. The van der Waals surface area contributed by atoms with Crippen LogP contribution < -0.4 is 10.0 Å². The Morgan fingerprint density at radius 1 is 1.30 bits per heavy atom. The lowest BCUT2D eigenvalue weighted by molar-refractivity contribution is -0.116. The number of anilines is 1. The van der Waals surface area contributed by atoms with Crippen LogP contribution in [0, 0.1) is 5.82 Å². The van der Waals surface area contributed by atoms with Crippen LogP contribution in [0.4, 0.5) is 10.1 Å². The molecule has 1 heterocycles. The Morgan fingerprint density at radius 2 is 2.00 bits per heavy atom. The Kier molecular flexibility index (Phi) is 6.58. The molecule has 11 heteroatoms. The van der Waals surface area contributed by atoms with Crippen LogP contribution in [0.15, 0.2) is 35.4 Å². The van der Waals surface area contributed by atoms with Crippen molar-refractivity contribution in [1.29, 1.82) is 0 Å². The van der Waals surface area contributed by atoms with Crippen molar-refractivity contribution in [1.82, 2.24) is 9.29 Å². The molecule has 2 rings (SSSR count). The molecule has 0 saturated carbocycles. The summed E-state index contributed by atoms with van der Waals surface area (Å²) in [6.07, 6.45) is 1.10. The molecule has 8 nitrogen and oxygen atoms in total. The average Bonchev–Trinajstić information content (AvgIpc) is 3.00. The Bertz CT molecular complexity index is 974. The van der Waals surface area contributed by atoms with Crippen molar-refractivity contribution < 1.29 is 27.1 Å². The molecule has 1 amide bonds. The second-order valence-electron chi connectivity index (χ2n) is 5.49. The zero-order valence-electron chi connectivity index (χ0n) is 14.5. The van der Waals surface area contributed by atoms with E-state index in [1.54, 1.807) is 0 Å². The molecule has 0 radical (unpaired) electrons. The lowest BCUT2D eigenvalue weighted by atomic mass is 10.3. The number of aryl methyl sites for hydroxylation is 1. The molecular weight excluding hydrogens is 401 g/mol. The van der Waals surface area contributed by atoms with Gasteiger partial charge in [0, 0.05) is 31.9 Å². The van der Waals surface area contributed by atoms with Crippen LogP contribution >= 0.6 is 11.6 Å². The summed E-state index contributed by atoms with van der Waals surface area (Å²) in [4.78, 5) is 23.3. The number of amides is 1. The van der Waals surface area contributed by atoms with E-state index in [0.29, 0.717) is 5.69 Å². The molecule has 0 saturated heterocycles. The van der Waals surface area contributed by atoms with Gasteiger partial charge in [0.1, 0.15) is 16.4 Å². The predicted octanol–water partition coefficient (Wildman–Crippen LogP) is 1.91. The minimum absolute atomic E-state index is 0.0730. The van der Waals surface area contributed by atoms with Gasteiger partial charge in [0.2, 0.25) is 15.9 Å². The number of carbonyl (C=O) groups excluding carboxylic acids is 2. The maximum Gasteiger partial charge on any atom is 0.354 e. The zero-order chi connectivity index (χ0) is 20.2. The van der Waals surface area contributed by atoms with Crippen molar-refractivity contribution in [3.05, 3.63) is 47.0 Å². The fourth-order valence-electron chi connectivity index (χ4n) is 2.17. The minimum atomic E-state index is -3.91. The molecule has 1 aromatic carbocycles. The number of hydrogen-bond acceptors (Lipinski definition) is 5. The van der Waals surface area contributed by atoms with Crippen LogP contribution in [0.25, 0.3) is 0 Å². The summed E-state index contributed by atoms with van der Waals surface area (Å²) in [5.74, 6) is -1.77. The largest absolute Gasteiger partial charge is 0.464 e. The summed E-state index contributed by atoms with van der Waals surface area (Å²) < 4.78 is 45.8. The maximum absolute atomic E-state index is 13.1. The summed E-state index contributed by atoms with van der Waals surface area (Å²) in [7, 11) is -1.22. The summed E-state index contributed by atoms with van der Waals surface area (Å²) in [5.41, 5.74) is 0.365. The molecule has 0 aliphatic heterocycles. The van der Waals surface area contributed by atoms with Gasteiger partial charge in [-0.2, -0.15) is 0 Å². The molecule has 0 aliphatic carbocycles. The number of nitrogens with zero attached hydrogens (tertiary/aromatic N) is 1. The van der Waals surface area contributed by atoms with Gasteiger partial charge in [-0.15, -0.1) is 0 Å². The molecule has 0 atom stereocenters. The number of aromatic nitrogens is 1. The average molecular weight is 418 g/mol. The van der Waals surface area contributed by atoms with Crippen molar-refractivity contribution in [3.8, 4) is 0 Å². The van der Waals surface area contributed by atoms with Gasteiger partial charge in [-0.25, -0.2) is 22.3 Å². The third-order valence-corrected chi connectivity index (χ3v) is 5.25. The number of hydrogen-bond donors (Lipinski definition) is 2. The summed E-state index contributed by atoms with van der Waals surface area (Å²) in [6, 6.07) is 4.86. The number of halogens is 2. The van der Waals surface area contributed by atoms with Crippen molar-refractivity contribution in [3.63, 3.8) is 0 Å². The van der Waals surface area contributed by atoms with E-state index in [1.165, 1.54) is 43.1 Å². The van der Waals surface area contributed by atoms with E-state index in [9.17, 15) is 22.4 Å². The number of sulfonamides is 1. The van der Waals surface area contributed by atoms with Gasteiger partial charge in [0.15, 0.2) is 0 Å². The summed E-state index contributed by atoms with van der Waals surface area (Å²) in [5, 5.41) is 2.34. The highest BCUT2D eigenvalue weighted by molar-refractivity contribution is 7.89. The third-order valence-electron chi connectivity index (χ3n) is 3.53. The van der Waals surface area contributed by atoms with Crippen LogP contribution in [0.3, 0.4) is 0 Å². The van der Waals surface area contributed by atoms with Crippen LogP contribution in [0.1, 0.15) is 16.9 Å². The van der Waals surface area contributed by atoms with Gasteiger partial charge in [-0.3, -0.25) is 4.79 Å². The Labute approximate surface area is 160 Å². The number of ether oxygens (including phenoxy) is 1. The van der Waals surface area contributed by atoms with Gasteiger partial charge < -0.3 is 14.6 Å². The number of benzene rings is 1. The lowest BCUT2D eigenvalue weighted by Gasteiger charge is -2.07. The van der Waals surface area contributed by atoms with Gasteiger partial charge in [-0.05, 0) is 24.3 Å². The first-order valence-corrected chi connectivity index (χ1v) is 9.49. The molecule has 0 unspecified atom stereocenters. The number of rotatable bonds is 7. The van der Waals surface area contributed by atoms with Crippen molar-refractivity contribution in [2.45, 2.75) is 11.3 Å². The van der Waals surface area contributed by atoms with E-state index in [0.717, 1.165) is 6.07 Å². The number of nitrogens with one attached hydrogen (secondary N) is 2. The lowest BCUT2D eigenvalue weighted by Crippen LogP contribution is -2.27. The highest BCUT2D eigenvalue weighted by Crippen LogP contribution is 2.19. The van der Waals surface area contributed by atoms with Gasteiger partial charge in [0.25, 0.3) is 0 Å². The molecule has 0 bridgehead atoms. The zero-order valence-corrected chi connectivity index (χ0v) is 16.0. The van der Waals surface area contributed by atoms with Crippen LogP contribution in [-0.2, 0) is 26.6 Å². The highest BCUT2D eigenvalue weighted by Gasteiger charge is 2.21. The van der Waals surface area contributed by atoms with E-state index in [2.05, 4.69) is 14.8 Å². The quantitative estimate of drug-likeness (QED) is 0.669. The maximum atomic E-state index is 13.1. The normalized spacial score (nSPS) is 11.3. The molecule has 0 spiro atoms. The number of esters is 1. The summed E-state index contributed by atoms with van der Waals surface area (Å²) in [6.45, 7) is -0.175. The van der Waals surface area contributed by atoms with E-state index < -0.39 is 27.7 Å². The van der Waals surface area contributed by atoms with Gasteiger partial charge in [0.05, 0.1) is 12.1 Å². The fraction of sp³-hybridized carbons (Fsp3) is 0.250. The first-order chi connectivity index (χ1) is 12.6. The standard InChI is InChI=1S/C16H17ClFN3O5S/c1-21-9-11(8-14(21)16(23)26-2)27(24,25)19-6-5-15(22)20-10-3-4-13(18)12(17)7-10/h3-4,7-9,19H,5-6H2,1-2H3,(H,20,22). The second kappa shape index (κ2) is 8.51. The van der Waals surface area contributed by atoms with Crippen LogP contribution in [-0.4, -0.2) is 38.5 Å². The van der Waals surface area contributed by atoms with Crippen molar-refractivity contribution >= 4 is 39.2 Å². The van der Waals surface area contributed by atoms with E-state index in [1.807, 2.05) is 0 Å². The fourth-order valence-corrected chi connectivity index (χ4v) is 3.45. The molecule has 146 valence electrons. The smallest absolute Gasteiger partial charge is 0.354 e. The SMILES string of the molecule is COC(=O)c1cc(S(=O)(=O)NCCC(=O)Nc2ccc(F)c(Cl)c2)cn1C. The summed E-state index contributed by atoms with van der Waals surface area (Å²) >= 11 is 5.62. The Morgan fingerprint density at radius 3 is 2.63 bits per heavy atom. The van der Waals surface area contributed by atoms with Gasteiger partial charge in [-0.1, -0.05) is 11.6 Å². The topological polar surface area (TPSA) is 106 Å². The number of methoxy groups -OCH3 is 1. The highest BCUT2D eigenvalue weighted by atomic mass is 35.5. The molecule has 0 fully saturated rings. The first-order valence-electron chi connectivity index (χ1n) is 7.63. The third kappa shape index (κ3) is 5.28. The second-order valence-corrected chi connectivity index (χ2v) is 7.66.